The molecule has 0 aliphatic carbocycles. The number of morpholine rings is 1. The van der Waals surface area contributed by atoms with E-state index in [1.165, 1.54) is 6.26 Å². The lowest BCUT2D eigenvalue weighted by atomic mass is 10.0. The number of rotatable bonds is 4. The number of aromatic nitrogens is 1. The minimum atomic E-state index is -3.45. The van der Waals surface area contributed by atoms with Crippen LogP contribution in [0.4, 0.5) is 5.69 Å². The molecule has 0 saturated carbocycles. The number of ether oxygens (including phenoxy) is 2. The van der Waals surface area contributed by atoms with Crippen LogP contribution < -0.4 is 9.64 Å². The van der Waals surface area contributed by atoms with Crippen LogP contribution in [0.2, 0.25) is 0 Å². The highest BCUT2D eigenvalue weighted by molar-refractivity contribution is 7.91. The second-order valence-electron chi connectivity index (χ2n) is 7.21. The van der Waals surface area contributed by atoms with Crippen molar-refractivity contribution in [2.45, 2.75) is 11.8 Å². The summed E-state index contributed by atoms with van der Waals surface area (Å²) in [6.07, 6.45) is 1.25. The largest absolute Gasteiger partial charge is 0.497 e. The molecule has 1 aromatic heterocycles. The molecule has 1 saturated heterocycles. The maximum absolute atomic E-state index is 12.7. The Bertz CT molecular complexity index is 1150. The molecule has 2 heterocycles. The van der Waals surface area contributed by atoms with Crippen LogP contribution in [-0.2, 0) is 14.6 Å². The van der Waals surface area contributed by atoms with Gasteiger partial charge in [-0.3, -0.25) is 4.98 Å². The van der Waals surface area contributed by atoms with Gasteiger partial charge in [-0.05, 0) is 42.3 Å². The topological polar surface area (TPSA) is 68.7 Å². The number of sulfone groups is 1. The van der Waals surface area contributed by atoms with Gasteiger partial charge in [0.05, 0.1) is 37.2 Å². The lowest BCUT2D eigenvalue weighted by Gasteiger charge is -2.31. The number of pyridine rings is 1. The second-order valence-corrected chi connectivity index (χ2v) is 9.16. The zero-order chi connectivity index (χ0) is 20.6. The molecule has 0 spiro atoms. The molecule has 0 bridgehead atoms. The molecule has 1 fully saturated rings. The van der Waals surface area contributed by atoms with Gasteiger partial charge in [-0.15, -0.1) is 0 Å². The summed E-state index contributed by atoms with van der Waals surface area (Å²) >= 11 is 0. The predicted molar refractivity (Wildman–Crippen MR) is 115 cm³/mol. The number of benzene rings is 2. The van der Waals surface area contributed by atoms with Gasteiger partial charge in [0, 0.05) is 24.7 Å². The number of fused-ring (bicyclic) bond motifs is 1. The first-order valence-electron chi connectivity index (χ1n) is 9.50. The summed E-state index contributed by atoms with van der Waals surface area (Å²) in [5.41, 5.74) is 4.07. The zero-order valence-corrected chi connectivity index (χ0v) is 17.6. The van der Waals surface area contributed by atoms with Gasteiger partial charge < -0.3 is 14.4 Å². The molecule has 3 aromatic rings. The van der Waals surface area contributed by atoms with Crippen molar-refractivity contribution in [3.05, 3.63) is 48.2 Å². The van der Waals surface area contributed by atoms with Crippen molar-refractivity contribution in [1.29, 1.82) is 0 Å². The van der Waals surface area contributed by atoms with Crippen LogP contribution in [0.25, 0.3) is 22.0 Å². The molecule has 152 valence electrons. The number of hydrogen-bond donors (Lipinski definition) is 0. The lowest BCUT2D eigenvalue weighted by Crippen LogP contribution is -2.37. The van der Waals surface area contributed by atoms with Crippen LogP contribution in [0, 0.1) is 6.92 Å². The molecule has 2 aromatic carbocycles. The van der Waals surface area contributed by atoms with Crippen LogP contribution in [0.5, 0.6) is 5.75 Å². The Kier molecular flexibility index (Phi) is 5.19. The van der Waals surface area contributed by atoms with E-state index in [2.05, 4.69) is 9.88 Å². The van der Waals surface area contributed by atoms with E-state index in [0.717, 1.165) is 33.5 Å². The van der Waals surface area contributed by atoms with Gasteiger partial charge in [0.25, 0.3) is 0 Å². The van der Waals surface area contributed by atoms with E-state index < -0.39 is 9.84 Å². The monoisotopic (exact) mass is 412 g/mol. The van der Waals surface area contributed by atoms with Crippen LogP contribution in [0.1, 0.15) is 5.69 Å². The van der Waals surface area contributed by atoms with Crippen molar-refractivity contribution >= 4 is 26.4 Å². The smallest absolute Gasteiger partial charge is 0.179 e. The Balaban J connectivity index is 1.97. The van der Waals surface area contributed by atoms with Crippen molar-refractivity contribution < 1.29 is 17.9 Å². The number of nitrogens with zero attached hydrogens (tertiary/aromatic N) is 2. The van der Waals surface area contributed by atoms with Crippen molar-refractivity contribution in [2.75, 3.05) is 44.6 Å². The summed E-state index contributed by atoms with van der Waals surface area (Å²) in [6, 6.07) is 13.8. The van der Waals surface area contributed by atoms with Crippen LogP contribution >= 0.6 is 0 Å². The van der Waals surface area contributed by atoms with Gasteiger partial charge in [0.15, 0.2) is 9.84 Å². The number of aryl methyl sites for hydroxylation is 1. The van der Waals surface area contributed by atoms with E-state index in [0.29, 0.717) is 36.9 Å². The highest BCUT2D eigenvalue weighted by Crippen LogP contribution is 2.37. The van der Waals surface area contributed by atoms with Gasteiger partial charge in [-0.25, -0.2) is 8.42 Å². The molecule has 29 heavy (non-hydrogen) atoms. The second kappa shape index (κ2) is 7.65. The minimum absolute atomic E-state index is 0.304. The molecule has 6 nitrogen and oxygen atoms in total. The molecular formula is C22H24N2O4S. The van der Waals surface area contributed by atoms with E-state index in [9.17, 15) is 8.42 Å². The summed E-state index contributed by atoms with van der Waals surface area (Å²) < 4.78 is 36.1. The Morgan fingerprint density at radius 3 is 2.31 bits per heavy atom. The molecule has 0 atom stereocenters. The first-order chi connectivity index (χ1) is 13.9. The van der Waals surface area contributed by atoms with Crippen molar-refractivity contribution in [3.63, 3.8) is 0 Å². The van der Waals surface area contributed by atoms with Gasteiger partial charge in [0.2, 0.25) is 0 Å². The minimum Gasteiger partial charge on any atom is -0.497 e. The Labute approximate surface area is 171 Å². The van der Waals surface area contributed by atoms with E-state index in [4.69, 9.17) is 9.47 Å². The number of methoxy groups -OCH3 is 1. The molecule has 7 heteroatoms. The third-order valence-corrected chi connectivity index (χ3v) is 6.44. The maximum atomic E-state index is 12.7. The molecule has 0 radical (unpaired) electrons. The normalized spacial score (nSPS) is 14.9. The quantitative estimate of drug-likeness (QED) is 0.654. The van der Waals surface area contributed by atoms with Crippen molar-refractivity contribution in [1.82, 2.24) is 4.98 Å². The summed E-state index contributed by atoms with van der Waals surface area (Å²) in [6.45, 7) is 4.20. The van der Waals surface area contributed by atoms with Gasteiger partial charge in [-0.2, -0.15) is 0 Å². The fourth-order valence-corrected chi connectivity index (χ4v) is 5.03. The fraction of sp³-hybridized carbons (Fsp3) is 0.318. The molecule has 1 aliphatic rings. The van der Waals surface area contributed by atoms with Gasteiger partial charge in [0.1, 0.15) is 10.6 Å². The highest BCUT2D eigenvalue weighted by Gasteiger charge is 2.26. The predicted octanol–water partition coefficient (Wildman–Crippen LogP) is 3.46. The molecule has 4 rings (SSSR count). The third-order valence-electron chi connectivity index (χ3n) is 5.20. The van der Waals surface area contributed by atoms with Crippen LogP contribution in [-0.4, -0.2) is 53.1 Å². The first kappa shape index (κ1) is 19.7. The Hall–Kier alpha value is -2.64. The van der Waals surface area contributed by atoms with Crippen LogP contribution in [0.3, 0.4) is 0 Å². The average molecular weight is 413 g/mol. The Morgan fingerprint density at radius 2 is 1.69 bits per heavy atom. The molecule has 1 aliphatic heterocycles. The van der Waals surface area contributed by atoms with Crippen molar-refractivity contribution in [2.24, 2.45) is 0 Å². The average Bonchev–Trinajstić information content (AvgIpc) is 2.72. The van der Waals surface area contributed by atoms with E-state index in [-0.39, 0.29) is 0 Å². The summed E-state index contributed by atoms with van der Waals surface area (Å²) in [5, 5.41) is 0.839. The highest BCUT2D eigenvalue weighted by atomic mass is 32.2. The number of hydrogen-bond acceptors (Lipinski definition) is 6. The van der Waals surface area contributed by atoms with E-state index >= 15 is 0 Å². The van der Waals surface area contributed by atoms with Crippen molar-refractivity contribution in [3.8, 4) is 16.9 Å². The Morgan fingerprint density at radius 1 is 1.03 bits per heavy atom. The molecular weight excluding hydrogens is 388 g/mol. The lowest BCUT2D eigenvalue weighted by molar-refractivity contribution is 0.122. The molecule has 0 N–H and O–H groups in total. The van der Waals surface area contributed by atoms with E-state index in [1.807, 2.05) is 42.5 Å². The third kappa shape index (κ3) is 3.80. The standard InChI is InChI=1S/C22H24N2O4S/c1-15-22(29(3,25)26)21(24-10-12-28-13-11-24)19-14-17(6-9-20(19)23-15)16-4-7-18(27-2)8-5-16/h4-9,14H,10-13H2,1-3H3. The SMILES string of the molecule is COc1ccc(-c2ccc3nc(C)c(S(C)(=O)=O)c(N4CCOCC4)c3c2)cc1. The van der Waals surface area contributed by atoms with E-state index in [1.54, 1.807) is 14.0 Å². The fourth-order valence-electron chi connectivity index (χ4n) is 3.86. The zero-order valence-electron chi connectivity index (χ0n) is 16.8. The summed E-state index contributed by atoms with van der Waals surface area (Å²) in [7, 11) is -1.81. The molecule has 0 unspecified atom stereocenters. The number of anilines is 1. The summed E-state index contributed by atoms with van der Waals surface area (Å²) in [4.78, 5) is 7.01. The maximum Gasteiger partial charge on any atom is 0.179 e. The first-order valence-corrected chi connectivity index (χ1v) is 11.4. The molecule has 0 amide bonds. The van der Waals surface area contributed by atoms with Crippen LogP contribution in [0.15, 0.2) is 47.4 Å². The van der Waals surface area contributed by atoms with Gasteiger partial charge in [-0.1, -0.05) is 18.2 Å². The summed E-state index contributed by atoms with van der Waals surface area (Å²) in [5.74, 6) is 0.792. The van der Waals surface area contributed by atoms with Gasteiger partial charge >= 0.3 is 0 Å².